The van der Waals surface area contributed by atoms with E-state index in [1.807, 2.05) is 25.8 Å². The van der Waals surface area contributed by atoms with Crippen molar-refractivity contribution >= 4 is 5.97 Å². The maximum atomic E-state index is 11.4. The first-order chi connectivity index (χ1) is 6.94. The molecule has 0 aromatic carbocycles. The van der Waals surface area contributed by atoms with Gasteiger partial charge in [0.1, 0.15) is 5.54 Å². The van der Waals surface area contributed by atoms with E-state index in [4.69, 9.17) is 0 Å². The molecule has 0 aliphatic heterocycles. The Morgan fingerprint density at radius 3 is 2.07 bits per heavy atom. The molecule has 0 aliphatic carbocycles. The number of rotatable bonds is 7. The van der Waals surface area contributed by atoms with Crippen molar-refractivity contribution in [1.29, 1.82) is 0 Å². The van der Waals surface area contributed by atoms with Crippen LogP contribution in [0.15, 0.2) is 0 Å². The number of carboxylic acids is 1. The number of likely N-dealkylation sites (N-methyl/N-ethyl adjacent to an activating group) is 1. The van der Waals surface area contributed by atoms with Gasteiger partial charge in [-0.25, -0.2) is 0 Å². The van der Waals surface area contributed by atoms with E-state index >= 15 is 0 Å². The highest BCUT2D eigenvalue weighted by atomic mass is 16.4. The predicted molar refractivity (Wildman–Crippen MR) is 63.0 cm³/mol. The quantitative estimate of drug-likeness (QED) is 0.709. The van der Waals surface area contributed by atoms with Crippen LogP contribution >= 0.6 is 0 Å². The summed E-state index contributed by atoms with van der Waals surface area (Å²) >= 11 is 0. The van der Waals surface area contributed by atoms with Gasteiger partial charge in [0.05, 0.1) is 0 Å². The van der Waals surface area contributed by atoms with Crippen LogP contribution in [0.1, 0.15) is 47.0 Å². The average molecular weight is 215 g/mol. The zero-order chi connectivity index (χ0) is 12.1. The van der Waals surface area contributed by atoms with Crippen LogP contribution in [-0.2, 0) is 4.79 Å². The Hall–Kier alpha value is -0.570. The van der Waals surface area contributed by atoms with E-state index in [9.17, 15) is 9.90 Å². The van der Waals surface area contributed by atoms with Gasteiger partial charge in [0, 0.05) is 6.54 Å². The zero-order valence-corrected chi connectivity index (χ0v) is 10.7. The molecule has 1 N–H and O–H groups in total. The minimum atomic E-state index is -0.696. The lowest BCUT2D eigenvalue weighted by Gasteiger charge is -2.38. The van der Waals surface area contributed by atoms with Gasteiger partial charge in [0.15, 0.2) is 0 Å². The van der Waals surface area contributed by atoms with Gasteiger partial charge in [0.2, 0.25) is 0 Å². The van der Waals surface area contributed by atoms with Crippen molar-refractivity contribution in [3.8, 4) is 0 Å². The molecule has 0 aliphatic rings. The van der Waals surface area contributed by atoms with Crippen LogP contribution in [0.2, 0.25) is 0 Å². The summed E-state index contributed by atoms with van der Waals surface area (Å²) in [7, 11) is 1.92. The zero-order valence-electron chi connectivity index (χ0n) is 10.7. The summed E-state index contributed by atoms with van der Waals surface area (Å²) in [5, 5.41) is 9.34. The Morgan fingerprint density at radius 2 is 1.80 bits per heavy atom. The Kier molecular flexibility index (Phi) is 5.88. The molecule has 3 nitrogen and oxygen atoms in total. The fourth-order valence-corrected chi connectivity index (χ4v) is 2.03. The van der Waals surface area contributed by atoms with Crippen molar-refractivity contribution in [2.45, 2.75) is 52.5 Å². The van der Waals surface area contributed by atoms with Gasteiger partial charge in [-0.3, -0.25) is 9.69 Å². The Bertz CT molecular complexity index is 200. The number of carboxylic acid groups (broad SMARTS) is 1. The summed E-state index contributed by atoms with van der Waals surface area (Å²) in [6, 6.07) is 0. The van der Waals surface area contributed by atoms with Crippen molar-refractivity contribution in [3.05, 3.63) is 0 Å². The van der Waals surface area contributed by atoms with Crippen LogP contribution in [0.5, 0.6) is 0 Å². The van der Waals surface area contributed by atoms with Gasteiger partial charge in [-0.2, -0.15) is 0 Å². The molecule has 1 unspecified atom stereocenters. The highest BCUT2D eigenvalue weighted by molar-refractivity contribution is 5.78. The van der Waals surface area contributed by atoms with E-state index in [2.05, 4.69) is 13.8 Å². The smallest absolute Gasteiger partial charge is 0.324 e. The van der Waals surface area contributed by atoms with Gasteiger partial charge in [-0.1, -0.05) is 34.1 Å². The molecule has 3 heteroatoms. The largest absolute Gasteiger partial charge is 0.480 e. The fourth-order valence-electron chi connectivity index (χ4n) is 2.03. The molecular weight excluding hydrogens is 190 g/mol. The molecule has 0 radical (unpaired) electrons. The number of hydrogen-bond donors (Lipinski definition) is 1. The summed E-state index contributed by atoms with van der Waals surface area (Å²) in [6.07, 6.45) is 2.41. The lowest BCUT2D eigenvalue weighted by Crippen LogP contribution is -2.53. The van der Waals surface area contributed by atoms with Gasteiger partial charge in [-0.15, -0.1) is 0 Å². The van der Waals surface area contributed by atoms with E-state index in [0.717, 1.165) is 13.0 Å². The third-order valence-electron chi connectivity index (χ3n) is 3.58. The highest BCUT2D eigenvalue weighted by Gasteiger charge is 2.39. The average Bonchev–Trinajstić information content (AvgIpc) is 2.19. The van der Waals surface area contributed by atoms with Gasteiger partial charge >= 0.3 is 5.97 Å². The predicted octanol–water partition coefficient (Wildman–Crippen LogP) is 2.61. The molecule has 0 spiro atoms. The van der Waals surface area contributed by atoms with Crippen LogP contribution in [-0.4, -0.2) is 35.1 Å². The summed E-state index contributed by atoms with van der Waals surface area (Å²) in [5.41, 5.74) is -0.677. The standard InChI is InChI=1S/C12H25NO2/c1-6-10(4)9-13(5)12(7-2,8-3)11(14)15/h10H,6-9H2,1-5H3,(H,14,15). The SMILES string of the molecule is CCC(C)CN(C)C(CC)(CC)C(=O)O. The van der Waals surface area contributed by atoms with Crippen LogP contribution in [0.4, 0.5) is 0 Å². The summed E-state index contributed by atoms with van der Waals surface area (Å²) in [4.78, 5) is 13.4. The summed E-state index contributed by atoms with van der Waals surface area (Å²) < 4.78 is 0. The van der Waals surface area contributed by atoms with Crippen LogP contribution in [0.3, 0.4) is 0 Å². The maximum absolute atomic E-state index is 11.4. The molecule has 0 aromatic rings. The summed E-state index contributed by atoms with van der Waals surface area (Å²) in [6.45, 7) is 9.05. The third-order valence-corrected chi connectivity index (χ3v) is 3.58. The van der Waals surface area contributed by atoms with Crippen LogP contribution in [0, 0.1) is 5.92 Å². The normalized spacial score (nSPS) is 14.3. The van der Waals surface area contributed by atoms with Crippen molar-refractivity contribution in [3.63, 3.8) is 0 Å². The second-order valence-electron chi connectivity index (χ2n) is 4.44. The minimum absolute atomic E-state index is 0.548. The first kappa shape index (κ1) is 14.4. The molecule has 0 aromatic heterocycles. The second-order valence-corrected chi connectivity index (χ2v) is 4.44. The number of nitrogens with zero attached hydrogens (tertiary/aromatic N) is 1. The molecule has 0 saturated heterocycles. The van der Waals surface area contributed by atoms with E-state index < -0.39 is 11.5 Å². The van der Waals surface area contributed by atoms with Crippen molar-refractivity contribution in [2.24, 2.45) is 5.92 Å². The molecule has 90 valence electrons. The lowest BCUT2D eigenvalue weighted by molar-refractivity contribution is -0.151. The van der Waals surface area contributed by atoms with Crippen LogP contribution in [0.25, 0.3) is 0 Å². The Labute approximate surface area is 93.5 Å². The summed E-state index contributed by atoms with van der Waals surface area (Å²) in [5.74, 6) is -0.148. The molecule has 0 saturated carbocycles. The Balaban J connectivity index is 4.69. The van der Waals surface area contributed by atoms with E-state index in [-0.39, 0.29) is 0 Å². The first-order valence-electron chi connectivity index (χ1n) is 5.89. The number of aliphatic carboxylic acids is 1. The van der Waals surface area contributed by atoms with Gasteiger partial charge < -0.3 is 5.11 Å². The molecule has 15 heavy (non-hydrogen) atoms. The molecule has 0 heterocycles. The fraction of sp³-hybridized carbons (Fsp3) is 0.917. The molecular formula is C12H25NO2. The van der Waals surface area contributed by atoms with Gasteiger partial charge in [-0.05, 0) is 25.8 Å². The molecule has 0 rings (SSSR count). The van der Waals surface area contributed by atoms with Crippen molar-refractivity contribution < 1.29 is 9.90 Å². The van der Waals surface area contributed by atoms with Gasteiger partial charge in [0.25, 0.3) is 0 Å². The van der Waals surface area contributed by atoms with E-state index in [1.165, 1.54) is 0 Å². The molecule has 1 atom stereocenters. The monoisotopic (exact) mass is 215 g/mol. The topological polar surface area (TPSA) is 40.5 Å². The maximum Gasteiger partial charge on any atom is 0.324 e. The molecule has 0 bridgehead atoms. The highest BCUT2D eigenvalue weighted by Crippen LogP contribution is 2.24. The minimum Gasteiger partial charge on any atom is -0.480 e. The number of carbonyl (C=O) groups is 1. The van der Waals surface area contributed by atoms with Crippen molar-refractivity contribution in [2.75, 3.05) is 13.6 Å². The van der Waals surface area contributed by atoms with Crippen LogP contribution < -0.4 is 0 Å². The molecule has 0 amide bonds. The van der Waals surface area contributed by atoms with E-state index in [0.29, 0.717) is 18.8 Å². The van der Waals surface area contributed by atoms with Crippen molar-refractivity contribution in [1.82, 2.24) is 4.90 Å². The van der Waals surface area contributed by atoms with E-state index in [1.54, 1.807) is 0 Å². The number of hydrogen-bond acceptors (Lipinski definition) is 2. The first-order valence-corrected chi connectivity index (χ1v) is 5.89. The lowest BCUT2D eigenvalue weighted by atomic mass is 9.90. The Morgan fingerprint density at radius 1 is 1.33 bits per heavy atom. The third kappa shape index (κ3) is 3.20. The molecule has 0 fully saturated rings. The second kappa shape index (κ2) is 6.11.